The van der Waals surface area contributed by atoms with Gasteiger partial charge in [0.2, 0.25) is 0 Å². The summed E-state index contributed by atoms with van der Waals surface area (Å²) in [7, 11) is -4.86. The van der Waals surface area contributed by atoms with E-state index in [9.17, 15) is 23.1 Å². The molecule has 0 spiro atoms. The van der Waals surface area contributed by atoms with Crippen LogP contribution < -0.4 is 0 Å². The molecule has 1 aromatic carbocycles. The van der Waals surface area contributed by atoms with E-state index in [0.717, 1.165) is 10.2 Å². The van der Waals surface area contributed by atoms with E-state index in [2.05, 4.69) is 10.3 Å². The summed E-state index contributed by atoms with van der Waals surface area (Å²) >= 11 is 0. The Bertz CT molecular complexity index is 817. The van der Waals surface area contributed by atoms with Crippen molar-refractivity contribution in [1.29, 1.82) is 0 Å². The molecule has 0 bridgehead atoms. The van der Waals surface area contributed by atoms with Crippen molar-refractivity contribution in [1.82, 2.24) is 15.0 Å². The number of hydrogen-bond donors (Lipinski definition) is 1. The van der Waals surface area contributed by atoms with Crippen molar-refractivity contribution in [3.8, 4) is 5.69 Å². The highest BCUT2D eigenvalue weighted by Gasteiger charge is 2.35. The van der Waals surface area contributed by atoms with Gasteiger partial charge in [0, 0.05) is 0 Å². The van der Waals surface area contributed by atoms with E-state index in [0.29, 0.717) is 16.8 Å². The number of hydrogen-bond acceptors (Lipinski definition) is 6. The third kappa shape index (κ3) is 2.62. The quantitative estimate of drug-likeness (QED) is 0.514. The summed E-state index contributed by atoms with van der Waals surface area (Å²) in [5, 5.41) is 16.6. The smallest absolute Gasteiger partial charge is 0.358 e. The molecule has 0 atom stereocenters. The van der Waals surface area contributed by atoms with Gasteiger partial charge >= 0.3 is 15.9 Å². The summed E-state index contributed by atoms with van der Waals surface area (Å²) in [5.74, 6) is -1.02. The van der Waals surface area contributed by atoms with Crippen LogP contribution in [0.1, 0.15) is 16.7 Å². The molecule has 0 aliphatic rings. The van der Waals surface area contributed by atoms with Gasteiger partial charge in [-0.05, 0) is 36.8 Å². The summed E-state index contributed by atoms with van der Waals surface area (Å²) < 4.78 is 32.9. The lowest BCUT2D eigenvalue weighted by atomic mass is 10.1. The third-order valence-electron chi connectivity index (χ3n) is 2.88. The molecule has 0 saturated carbocycles. The Balaban J connectivity index is 2.87. The van der Waals surface area contributed by atoms with Gasteiger partial charge in [0.1, 0.15) is 5.10 Å². The van der Waals surface area contributed by atoms with Crippen molar-refractivity contribution >= 4 is 15.9 Å². The maximum absolute atomic E-state index is 11.5. The second-order valence-corrected chi connectivity index (χ2v) is 5.95. The van der Waals surface area contributed by atoms with E-state index in [1.807, 2.05) is 6.92 Å². The number of rotatable bonds is 3. The highest BCUT2D eigenvalue weighted by molar-refractivity contribution is 7.85. The predicted molar refractivity (Wildman–Crippen MR) is 72.0 cm³/mol. The van der Waals surface area contributed by atoms with Gasteiger partial charge in [0.25, 0.3) is 5.03 Å². The number of benzene rings is 1. The third-order valence-corrected chi connectivity index (χ3v) is 3.72. The molecule has 0 fully saturated rings. The maximum atomic E-state index is 11.5. The number of nitro groups is 1. The van der Waals surface area contributed by atoms with E-state index in [1.54, 1.807) is 26.0 Å². The van der Waals surface area contributed by atoms with Gasteiger partial charge in [-0.25, -0.2) is 0 Å². The fourth-order valence-electron chi connectivity index (χ4n) is 2.26. The lowest BCUT2D eigenvalue weighted by Gasteiger charge is -2.11. The molecule has 0 aliphatic heterocycles. The Morgan fingerprint density at radius 3 is 2.19 bits per heavy atom. The number of aryl methyl sites for hydroxylation is 3. The van der Waals surface area contributed by atoms with Crippen molar-refractivity contribution in [2.45, 2.75) is 25.8 Å². The van der Waals surface area contributed by atoms with Crippen LogP contribution in [0.5, 0.6) is 0 Å². The molecule has 0 unspecified atom stereocenters. The fourth-order valence-corrected chi connectivity index (χ4v) is 2.95. The van der Waals surface area contributed by atoms with Crippen molar-refractivity contribution < 1.29 is 17.9 Å². The Kier molecular flexibility index (Phi) is 3.51. The van der Waals surface area contributed by atoms with Crippen molar-refractivity contribution in [3.63, 3.8) is 0 Å². The van der Waals surface area contributed by atoms with Crippen LogP contribution in [0.2, 0.25) is 0 Å². The first-order chi connectivity index (χ1) is 9.62. The molecule has 112 valence electrons. The average Bonchev–Trinajstić information content (AvgIpc) is 2.71. The molecule has 0 saturated heterocycles. The molecule has 0 aliphatic carbocycles. The minimum absolute atomic E-state index is 0.328. The first-order valence-corrected chi connectivity index (χ1v) is 7.22. The van der Waals surface area contributed by atoms with Gasteiger partial charge in [0.15, 0.2) is 0 Å². The second kappa shape index (κ2) is 4.90. The fraction of sp³-hybridized carbons (Fsp3) is 0.273. The zero-order valence-corrected chi connectivity index (χ0v) is 12.2. The summed E-state index contributed by atoms with van der Waals surface area (Å²) in [4.78, 5) is 9.84. The zero-order valence-electron chi connectivity index (χ0n) is 11.4. The standard InChI is InChI=1S/C11H12N4O5S/c1-6-4-7(2)9(8(3)5-6)14-11(21(18,19)20)10(12-13-14)15(16)17/h4-5H,1-3H3,(H,18,19,20). The van der Waals surface area contributed by atoms with Crippen LogP contribution in [0, 0.1) is 30.9 Å². The highest BCUT2D eigenvalue weighted by Crippen LogP contribution is 2.27. The molecule has 2 rings (SSSR count). The van der Waals surface area contributed by atoms with Crippen LogP contribution in [0.15, 0.2) is 17.2 Å². The van der Waals surface area contributed by atoms with Crippen LogP contribution in [0.4, 0.5) is 5.82 Å². The van der Waals surface area contributed by atoms with E-state index in [4.69, 9.17) is 0 Å². The van der Waals surface area contributed by atoms with Crippen LogP contribution in [-0.2, 0) is 10.1 Å². The molecule has 0 amide bonds. The van der Waals surface area contributed by atoms with Crippen LogP contribution in [0.25, 0.3) is 5.69 Å². The van der Waals surface area contributed by atoms with Crippen LogP contribution in [0.3, 0.4) is 0 Å². The van der Waals surface area contributed by atoms with Gasteiger partial charge in [-0.3, -0.25) is 4.55 Å². The summed E-state index contributed by atoms with van der Waals surface area (Å²) in [6, 6.07) is 3.53. The van der Waals surface area contributed by atoms with E-state index in [-0.39, 0.29) is 0 Å². The molecule has 21 heavy (non-hydrogen) atoms. The van der Waals surface area contributed by atoms with E-state index < -0.39 is 25.9 Å². The zero-order chi connectivity index (χ0) is 15.9. The van der Waals surface area contributed by atoms with Crippen molar-refractivity contribution in [2.75, 3.05) is 0 Å². The topological polar surface area (TPSA) is 128 Å². The van der Waals surface area contributed by atoms with E-state index >= 15 is 0 Å². The molecular formula is C11H12N4O5S. The van der Waals surface area contributed by atoms with Gasteiger partial charge in [0.05, 0.1) is 10.9 Å². The Labute approximate surface area is 120 Å². The number of nitrogens with zero attached hydrogens (tertiary/aromatic N) is 4. The summed E-state index contributed by atoms with van der Waals surface area (Å²) in [6.45, 7) is 5.27. The Hall–Kier alpha value is -2.33. The number of aromatic nitrogens is 3. The second-order valence-electron chi connectivity index (χ2n) is 4.61. The molecule has 1 N–H and O–H groups in total. The molecule has 0 radical (unpaired) electrons. The monoisotopic (exact) mass is 312 g/mol. The molecule has 9 nitrogen and oxygen atoms in total. The van der Waals surface area contributed by atoms with Crippen LogP contribution in [-0.4, -0.2) is 32.9 Å². The van der Waals surface area contributed by atoms with Gasteiger partial charge in [-0.2, -0.15) is 13.1 Å². The largest absolute Gasteiger partial charge is 0.432 e. The van der Waals surface area contributed by atoms with E-state index in [1.165, 1.54) is 0 Å². The van der Waals surface area contributed by atoms with Crippen molar-refractivity contribution in [2.24, 2.45) is 0 Å². The first-order valence-electron chi connectivity index (χ1n) is 5.78. The first kappa shape index (κ1) is 15.1. The lowest BCUT2D eigenvalue weighted by Crippen LogP contribution is -2.12. The minimum Gasteiger partial charge on any atom is -0.358 e. The van der Waals surface area contributed by atoms with Gasteiger partial charge in [-0.1, -0.05) is 17.7 Å². The molecule has 1 aromatic heterocycles. The summed E-state index contributed by atoms with van der Waals surface area (Å²) in [5.41, 5.74) is 2.57. The van der Waals surface area contributed by atoms with Crippen LogP contribution >= 0.6 is 0 Å². The normalized spacial score (nSPS) is 11.6. The minimum atomic E-state index is -4.86. The Morgan fingerprint density at radius 2 is 1.76 bits per heavy atom. The SMILES string of the molecule is Cc1cc(C)c(-n2nnc([N+](=O)[O-])c2S(=O)(=O)O)c(C)c1. The lowest BCUT2D eigenvalue weighted by molar-refractivity contribution is -0.392. The Morgan fingerprint density at radius 1 is 1.24 bits per heavy atom. The predicted octanol–water partition coefficient (Wildman–Crippen LogP) is 1.35. The molecule has 1 heterocycles. The average molecular weight is 312 g/mol. The molecule has 10 heteroatoms. The summed E-state index contributed by atoms with van der Waals surface area (Å²) in [6.07, 6.45) is 0. The molecule has 2 aromatic rings. The van der Waals surface area contributed by atoms with Crippen molar-refractivity contribution in [3.05, 3.63) is 38.9 Å². The van der Waals surface area contributed by atoms with Gasteiger partial charge in [-0.15, -0.1) is 0 Å². The highest BCUT2D eigenvalue weighted by atomic mass is 32.2. The maximum Gasteiger partial charge on any atom is 0.432 e. The van der Waals surface area contributed by atoms with Gasteiger partial charge < -0.3 is 10.1 Å². The molecular weight excluding hydrogens is 300 g/mol.